The number of carbonyl (C=O) groups excluding carboxylic acids is 3. The molecule has 0 unspecified atom stereocenters. The molecule has 12 heteroatoms. The quantitative estimate of drug-likeness (QED) is 0.399. The Bertz CT molecular complexity index is 584. The van der Waals surface area contributed by atoms with Crippen LogP contribution in [-0.4, -0.2) is 49.9 Å². The predicted molar refractivity (Wildman–Crippen MR) is 75.3 cm³/mol. The van der Waals surface area contributed by atoms with E-state index >= 15 is 0 Å². The van der Waals surface area contributed by atoms with Crippen molar-refractivity contribution in [2.75, 3.05) is 21.3 Å². The van der Waals surface area contributed by atoms with E-state index in [0.29, 0.717) is 17.2 Å². The van der Waals surface area contributed by atoms with E-state index in [-0.39, 0.29) is 80.9 Å². The van der Waals surface area contributed by atoms with E-state index in [9.17, 15) is 29.7 Å². The van der Waals surface area contributed by atoms with Gasteiger partial charge in [0, 0.05) is 24.8 Å². The molecule has 0 aliphatic rings. The van der Waals surface area contributed by atoms with Gasteiger partial charge in [-0.05, 0) is 12.1 Å². The number of aliphatic carboxylic acids is 3. The molecule has 1 N–H and O–H groups in total. The summed E-state index contributed by atoms with van der Waals surface area (Å²) in [6.45, 7) is 0. The molecule has 0 aliphatic carbocycles. The van der Waals surface area contributed by atoms with Gasteiger partial charge >= 0.3 is 80.9 Å². The first-order valence-corrected chi connectivity index (χ1v) is 6.69. The van der Waals surface area contributed by atoms with Crippen molar-refractivity contribution in [3.8, 4) is 17.2 Å². The van der Waals surface area contributed by atoms with Gasteiger partial charge in [0.05, 0.1) is 27.3 Å². The number of aliphatic hydroxyl groups is 1. The average Bonchev–Trinajstić information content (AvgIpc) is 2.52. The van der Waals surface area contributed by atoms with Crippen molar-refractivity contribution >= 4 is 17.9 Å². The first-order chi connectivity index (χ1) is 11.6. The summed E-state index contributed by atoms with van der Waals surface area (Å²) >= 11 is 0. The summed E-state index contributed by atoms with van der Waals surface area (Å²) in [5, 5.41) is 38.9. The standard InChI is InChI=1S/C9H12O3.C6H8O7.K.Na/c1-10-7-5-4-6-8(11-2)9(7)12-3;7-3(8)1-6(13,5(11)12)2-4(9)10;;/h4-6H,1-3H3;13H,1-2H2,(H,7,8)(H,9,10)(H,11,12);;/q;;2*+1/p-3. The van der Waals surface area contributed by atoms with Gasteiger partial charge in [-0.1, -0.05) is 6.07 Å². The normalized spacial score (nSPS) is 9.33. The molecule has 1 aromatic carbocycles. The maximum absolute atomic E-state index is 10.1. The molecule has 10 nitrogen and oxygen atoms in total. The number of para-hydroxylation sites is 1. The molecule has 0 heterocycles. The third-order valence-corrected chi connectivity index (χ3v) is 2.84. The van der Waals surface area contributed by atoms with Crippen molar-refractivity contribution < 1.29 is 130 Å². The molecule has 0 spiro atoms. The Balaban J connectivity index is -0.000000398. The van der Waals surface area contributed by atoms with Gasteiger partial charge in [0.15, 0.2) is 11.5 Å². The van der Waals surface area contributed by atoms with Crippen LogP contribution in [0.5, 0.6) is 17.2 Å². The van der Waals surface area contributed by atoms with E-state index in [1.54, 1.807) is 21.3 Å². The summed E-state index contributed by atoms with van der Waals surface area (Å²) in [7, 11) is 4.77. The van der Waals surface area contributed by atoms with Crippen molar-refractivity contribution in [1.29, 1.82) is 0 Å². The number of carboxylic acids is 3. The Kier molecular flexibility index (Phi) is 18.0. The first-order valence-electron chi connectivity index (χ1n) is 6.69. The second-order valence-corrected chi connectivity index (χ2v) is 4.61. The average molecular weight is 419 g/mol. The minimum atomic E-state index is -2.97. The molecule has 0 atom stereocenters. The van der Waals surface area contributed by atoms with E-state index < -0.39 is 36.4 Å². The van der Waals surface area contributed by atoms with Crippen LogP contribution in [0.25, 0.3) is 0 Å². The molecule has 0 bridgehead atoms. The molecule has 0 saturated heterocycles. The predicted octanol–water partition coefficient (Wildman–Crippen LogP) is -9.53. The van der Waals surface area contributed by atoms with Crippen LogP contribution >= 0.6 is 0 Å². The maximum Gasteiger partial charge on any atom is 1.00 e. The number of carboxylic acid groups (broad SMARTS) is 3. The van der Waals surface area contributed by atoms with Gasteiger partial charge in [-0.3, -0.25) is 0 Å². The molecule has 0 saturated carbocycles. The molecular weight excluding hydrogens is 402 g/mol. The largest absolute Gasteiger partial charge is 1.00 e. The topological polar surface area (TPSA) is 168 Å². The number of methoxy groups -OCH3 is 3. The van der Waals surface area contributed by atoms with Crippen LogP contribution in [0.2, 0.25) is 0 Å². The third kappa shape index (κ3) is 11.3. The van der Waals surface area contributed by atoms with Gasteiger partial charge in [-0.25, -0.2) is 0 Å². The summed E-state index contributed by atoms with van der Waals surface area (Å²) < 4.78 is 15.3. The molecule has 0 aromatic heterocycles. The van der Waals surface area contributed by atoms with Crippen LogP contribution in [0.4, 0.5) is 0 Å². The number of hydrogen-bond donors (Lipinski definition) is 1. The molecular formula is C15H17KNaO10-. The van der Waals surface area contributed by atoms with E-state index in [1.807, 2.05) is 18.2 Å². The van der Waals surface area contributed by atoms with E-state index in [2.05, 4.69) is 0 Å². The Hall–Kier alpha value is -0.374. The monoisotopic (exact) mass is 419 g/mol. The minimum absolute atomic E-state index is 0. The Morgan fingerprint density at radius 3 is 1.52 bits per heavy atom. The van der Waals surface area contributed by atoms with Gasteiger partial charge in [-0.2, -0.15) is 0 Å². The fourth-order valence-electron chi connectivity index (χ4n) is 1.70. The number of rotatable bonds is 8. The number of hydrogen-bond acceptors (Lipinski definition) is 10. The molecule has 0 amide bonds. The van der Waals surface area contributed by atoms with Crippen molar-refractivity contribution in [3.63, 3.8) is 0 Å². The zero-order valence-electron chi connectivity index (χ0n) is 15.8. The fraction of sp³-hybridized carbons (Fsp3) is 0.400. The van der Waals surface area contributed by atoms with E-state index in [4.69, 9.17) is 19.3 Å². The maximum atomic E-state index is 10.1. The molecule has 0 radical (unpaired) electrons. The minimum Gasteiger partial charge on any atom is -0.550 e. The zero-order chi connectivity index (χ0) is 19.6. The Labute approximate surface area is 220 Å². The van der Waals surface area contributed by atoms with Gasteiger partial charge < -0.3 is 49.0 Å². The van der Waals surface area contributed by atoms with E-state index in [1.165, 1.54) is 0 Å². The summed E-state index contributed by atoms with van der Waals surface area (Å²) in [6.07, 6.45) is -2.72. The van der Waals surface area contributed by atoms with Crippen molar-refractivity contribution in [2.24, 2.45) is 0 Å². The zero-order valence-corrected chi connectivity index (χ0v) is 20.9. The first kappa shape index (κ1) is 31.3. The number of ether oxygens (including phenoxy) is 3. The van der Waals surface area contributed by atoms with Gasteiger partial charge in [0.25, 0.3) is 0 Å². The third-order valence-electron chi connectivity index (χ3n) is 2.84. The van der Waals surface area contributed by atoms with Crippen molar-refractivity contribution in [3.05, 3.63) is 18.2 Å². The van der Waals surface area contributed by atoms with Crippen molar-refractivity contribution in [1.82, 2.24) is 0 Å². The van der Waals surface area contributed by atoms with Gasteiger partial charge in [-0.15, -0.1) is 0 Å². The van der Waals surface area contributed by atoms with Crippen molar-refractivity contribution in [2.45, 2.75) is 18.4 Å². The van der Waals surface area contributed by atoms with Crippen LogP contribution < -0.4 is 110 Å². The van der Waals surface area contributed by atoms with Crippen LogP contribution in [0.3, 0.4) is 0 Å². The molecule has 1 aromatic rings. The smallest absolute Gasteiger partial charge is 0.550 e. The second kappa shape index (κ2) is 15.5. The van der Waals surface area contributed by atoms with Gasteiger partial charge in [0.1, 0.15) is 5.60 Å². The van der Waals surface area contributed by atoms with Crippen LogP contribution in [0, 0.1) is 0 Å². The Morgan fingerprint density at radius 1 is 0.926 bits per heavy atom. The number of carbonyl (C=O) groups is 3. The molecule has 27 heavy (non-hydrogen) atoms. The molecule has 0 fully saturated rings. The SMILES string of the molecule is COc1cccc(OC)c1OC.O=C([O-])CC(O)(CC(=O)[O-])C(=O)[O-].[K+].[Na+]. The summed E-state index contributed by atoms with van der Waals surface area (Å²) in [6, 6.07) is 5.49. The van der Waals surface area contributed by atoms with Crippen LogP contribution in [-0.2, 0) is 14.4 Å². The fourth-order valence-corrected chi connectivity index (χ4v) is 1.70. The number of benzene rings is 1. The second-order valence-electron chi connectivity index (χ2n) is 4.61. The van der Waals surface area contributed by atoms with Crippen LogP contribution in [0.1, 0.15) is 12.8 Å². The summed E-state index contributed by atoms with van der Waals surface area (Å²) in [5.74, 6) is -4.00. The Morgan fingerprint density at radius 2 is 1.30 bits per heavy atom. The molecule has 1 rings (SSSR count). The summed E-state index contributed by atoms with van der Waals surface area (Å²) in [4.78, 5) is 30.0. The molecule has 140 valence electrons. The summed E-state index contributed by atoms with van der Waals surface area (Å²) in [5.41, 5.74) is -2.97. The van der Waals surface area contributed by atoms with E-state index in [0.717, 1.165) is 0 Å². The molecule has 0 aliphatic heterocycles. The van der Waals surface area contributed by atoms with Gasteiger partial charge in [0.2, 0.25) is 5.75 Å². The van der Waals surface area contributed by atoms with Crippen LogP contribution in [0.15, 0.2) is 18.2 Å².